The highest BCUT2D eigenvalue weighted by atomic mass is 16.5. The lowest BCUT2D eigenvalue weighted by molar-refractivity contribution is 0.404. The van der Waals surface area contributed by atoms with E-state index in [4.69, 9.17) is 4.74 Å². The van der Waals surface area contributed by atoms with Gasteiger partial charge in [0.1, 0.15) is 5.75 Å². The van der Waals surface area contributed by atoms with Gasteiger partial charge in [-0.3, -0.25) is 4.98 Å². The van der Waals surface area contributed by atoms with Crippen LogP contribution in [0.5, 0.6) is 5.75 Å². The molecule has 2 aromatic carbocycles. The molecule has 0 radical (unpaired) electrons. The van der Waals surface area contributed by atoms with Crippen LogP contribution in [-0.4, -0.2) is 12.1 Å². The summed E-state index contributed by atoms with van der Waals surface area (Å²) in [6.07, 6.45) is 2.73. The van der Waals surface area contributed by atoms with Crippen LogP contribution in [0.1, 0.15) is 22.7 Å². The molecule has 0 saturated carbocycles. The van der Waals surface area contributed by atoms with Gasteiger partial charge in [-0.25, -0.2) is 0 Å². The van der Waals surface area contributed by atoms with Crippen LogP contribution >= 0.6 is 0 Å². The Labute approximate surface area is 131 Å². The number of pyridine rings is 1. The minimum Gasteiger partial charge on any atom is -0.495 e. The molecule has 0 bridgehead atoms. The predicted octanol–water partition coefficient (Wildman–Crippen LogP) is 4.46. The fourth-order valence-corrected chi connectivity index (χ4v) is 2.74. The maximum atomic E-state index is 5.52. The summed E-state index contributed by atoms with van der Waals surface area (Å²) in [5.74, 6) is 1.02. The van der Waals surface area contributed by atoms with Gasteiger partial charge in [-0.2, -0.15) is 0 Å². The van der Waals surface area contributed by atoms with Crippen molar-refractivity contribution >= 4 is 0 Å². The first-order valence-corrected chi connectivity index (χ1v) is 7.46. The zero-order valence-corrected chi connectivity index (χ0v) is 12.6. The summed E-state index contributed by atoms with van der Waals surface area (Å²) < 4.78 is 5.52. The third-order valence-electron chi connectivity index (χ3n) is 3.83. The van der Waals surface area contributed by atoms with Gasteiger partial charge in [-0.05, 0) is 29.7 Å². The van der Waals surface area contributed by atoms with Crippen LogP contribution in [0.3, 0.4) is 0 Å². The first-order valence-electron chi connectivity index (χ1n) is 7.46. The molecule has 3 rings (SSSR count). The van der Waals surface area contributed by atoms with Crippen LogP contribution in [-0.2, 0) is 6.42 Å². The standard InChI is InChI=1S/C20H19NO/c1-22-19-13-8-14-21-20(19)18(17-11-6-3-7-12-17)15-16-9-4-2-5-10-16/h2-14,18H,15H2,1H3/t18-/m1/s1. The van der Waals surface area contributed by atoms with Crippen LogP contribution in [0, 0.1) is 0 Å². The van der Waals surface area contributed by atoms with Gasteiger partial charge in [-0.1, -0.05) is 60.7 Å². The second-order valence-corrected chi connectivity index (χ2v) is 5.24. The number of aromatic nitrogens is 1. The molecule has 0 aliphatic carbocycles. The van der Waals surface area contributed by atoms with E-state index in [1.807, 2.05) is 30.5 Å². The summed E-state index contributed by atoms with van der Waals surface area (Å²) in [4.78, 5) is 4.60. The lowest BCUT2D eigenvalue weighted by Gasteiger charge is -2.19. The van der Waals surface area contributed by atoms with Crippen LogP contribution in [0.4, 0.5) is 0 Å². The third-order valence-corrected chi connectivity index (χ3v) is 3.83. The SMILES string of the molecule is COc1cccnc1[C@H](Cc1ccccc1)c1ccccc1. The molecule has 0 aliphatic heterocycles. The summed E-state index contributed by atoms with van der Waals surface area (Å²) in [5.41, 5.74) is 3.53. The van der Waals surface area contributed by atoms with Crippen molar-refractivity contribution in [3.63, 3.8) is 0 Å². The summed E-state index contributed by atoms with van der Waals surface area (Å²) in [6, 6.07) is 24.9. The molecule has 0 aliphatic rings. The zero-order chi connectivity index (χ0) is 15.2. The number of ether oxygens (including phenoxy) is 1. The van der Waals surface area contributed by atoms with E-state index in [9.17, 15) is 0 Å². The summed E-state index contributed by atoms with van der Waals surface area (Å²) >= 11 is 0. The second-order valence-electron chi connectivity index (χ2n) is 5.24. The van der Waals surface area contributed by atoms with Gasteiger partial charge in [0.05, 0.1) is 12.8 Å². The van der Waals surface area contributed by atoms with E-state index >= 15 is 0 Å². The molecule has 0 saturated heterocycles. The molecule has 0 unspecified atom stereocenters. The van der Waals surface area contributed by atoms with Crippen molar-refractivity contribution in [2.45, 2.75) is 12.3 Å². The van der Waals surface area contributed by atoms with Crippen molar-refractivity contribution in [2.75, 3.05) is 7.11 Å². The van der Waals surface area contributed by atoms with Crippen LogP contribution < -0.4 is 4.74 Å². The Morgan fingerprint density at radius 2 is 1.55 bits per heavy atom. The molecule has 0 amide bonds. The highest BCUT2D eigenvalue weighted by molar-refractivity contribution is 5.39. The van der Waals surface area contributed by atoms with E-state index in [1.165, 1.54) is 11.1 Å². The van der Waals surface area contributed by atoms with E-state index in [-0.39, 0.29) is 5.92 Å². The third kappa shape index (κ3) is 3.17. The number of benzene rings is 2. The van der Waals surface area contributed by atoms with Crippen molar-refractivity contribution in [2.24, 2.45) is 0 Å². The first-order chi connectivity index (χ1) is 10.9. The fourth-order valence-electron chi connectivity index (χ4n) is 2.74. The summed E-state index contributed by atoms with van der Waals surface area (Å²) in [6.45, 7) is 0. The smallest absolute Gasteiger partial charge is 0.140 e. The van der Waals surface area contributed by atoms with Gasteiger partial charge in [0, 0.05) is 12.1 Å². The molecule has 2 heteroatoms. The molecule has 0 N–H and O–H groups in total. The minimum atomic E-state index is 0.180. The topological polar surface area (TPSA) is 22.1 Å². The quantitative estimate of drug-likeness (QED) is 0.691. The van der Waals surface area contributed by atoms with Crippen molar-refractivity contribution in [1.29, 1.82) is 0 Å². The van der Waals surface area contributed by atoms with Crippen molar-refractivity contribution < 1.29 is 4.74 Å². The monoisotopic (exact) mass is 289 g/mol. The number of hydrogen-bond acceptors (Lipinski definition) is 2. The minimum absolute atomic E-state index is 0.180. The predicted molar refractivity (Wildman–Crippen MR) is 89.2 cm³/mol. The number of hydrogen-bond donors (Lipinski definition) is 0. The molecular weight excluding hydrogens is 270 g/mol. The highest BCUT2D eigenvalue weighted by Gasteiger charge is 2.20. The van der Waals surface area contributed by atoms with E-state index in [0.717, 1.165) is 17.9 Å². The Morgan fingerprint density at radius 3 is 2.23 bits per heavy atom. The Hall–Kier alpha value is -2.61. The molecular formula is C20H19NO. The maximum absolute atomic E-state index is 5.52. The van der Waals surface area contributed by atoms with E-state index < -0.39 is 0 Å². The molecule has 1 heterocycles. The Balaban J connectivity index is 2.03. The van der Waals surface area contributed by atoms with Crippen LogP contribution in [0.2, 0.25) is 0 Å². The van der Waals surface area contributed by atoms with Gasteiger partial charge in [-0.15, -0.1) is 0 Å². The van der Waals surface area contributed by atoms with Gasteiger partial charge in [0.2, 0.25) is 0 Å². The molecule has 3 aromatic rings. The molecule has 1 aromatic heterocycles. The van der Waals surface area contributed by atoms with Crippen molar-refractivity contribution in [3.05, 3.63) is 95.8 Å². The van der Waals surface area contributed by atoms with E-state index in [1.54, 1.807) is 7.11 Å². The zero-order valence-electron chi connectivity index (χ0n) is 12.6. The molecule has 0 fully saturated rings. The largest absolute Gasteiger partial charge is 0.495 e. The molecule has 0 spiro atoms. The lowest BCUT2D eigenvalue weighted by atomic mass is 9.88. The molecule has 1 atom stereocenters. The fraction of sp³-hybridized carbons (Fsp3) is 0.150. The van der Waals surface area contributed by atoms with Crippen molar-refractivity contribution in [3.8, 4) is 5.75 Å². The summed E-state index contributed by atoms with van der Waals surface area (Å²) in [7, 11) is 1.70. The molecule has 22 heavy (non-hydrogen) atoms. The van der Waals surface area contributed by atoms with Gasteiger partial charge < -0.3 is 4.74 Å². The number of rotatable bonds is 5. The van der Waals surface area contributed by atoms with E-state index in [0.29, 0.717) is 0 Å². The Kier molecular flexibility index (Phi) is 4.50. The Bertz CT molecular complexity index is 710. The average molecular weight is 289 g/mol. The molecule has 110 valence electrons. The maximum Gasteiger partial charge on any atom is 0.140 e. The number of methoxy groups -OCH3 is 1. The van der Waals surface area contributed by atoms with Crippen molar-refractivity contribution in [1.82, 2.24) is 4.98 Å². The summed E-state index contributed by atoms with van der Waals surface area (Å²) in [5, 5.41) is 0. The lowest BCUT2D eigenvalue weighted by Crippen LogP contribution is -2.09. The Morgan fingerprint density at radius 1 is 0.864 bits per heavy atom. The highest BCUT2D eigenvalue weighted by Crippen LogP contribution is 2.32. The average Bonchev–Trinajstić information content (AvgIpc) is 2.61. The number of nitrogens with zero attached hydrogens (tertiary/aromatic N) is 1. The first kappa shape index (κ1) is 14.3. The van der Waals surface area contributed by atoms with E-state index in [2.05, 4.69) is 53.5 Å². The van der Waals surface area contributed by atoms with Crippen LogP contribution in [0.25, 0.3) is 0 Å². The normalized spacial score (nSPS) is 11.9. The second kappa shape index (κ2) is 6.90. The van der Waals surface area contributed by atoms with Gasteiger partial charge >= 0.3 is 0 Å². The molecule has 2 nitrogen and oxygen atoms in total. The van der Waals surface area contributed by atoms with Gasteiger partial charge in [0.25, 0.3) is 0 Å². The van der Waals surface area contributed by atoms with Crippen LogP contribution in [0.15, 0.2) is 79.0 Å². The van der Waals surface area contributed by atoms with Gasteiger partial charge in [0.15, 0.2) is 0 Å².